The quantitative estimate of drug-likeness (QED) is 0.661. The lowest BCUT2D eigenvalue weighted by Crippen LogP contribution is -2.36. The molecule has 0 heterocycles. The minimum Gasteiger partial charge on any atom is -0.310 e. The average Bonchev–Trinajstić information content (AvgIpc) is 2.12. The van der Waals surface area contributed by atoms with Crippen molar-refractivity contribution in [2.75, 3.05) is 0 Å². The minimum atomic E-state index is 0.389. The predicted molar refractivity (Wildman–Crippen MR) is 51.8 cm³/mol. The van der Waals surface area contributed by atoms with Crippen LogP contribution in [0.1, 0.15) is 46.5 Å². The van der Waals surface area contributed by atoms with E-state index in [1.807, 2.05) is 0 Å². The van der Waals surface area contributed by atoms with Gasteiger partial charge in [-0.15, -0.1) is 0 Å². The van der Waals surface area contributed by atoms with Gasteiger partial charge >= 0.3 is 0 Å². The van der Waals surface area contributed by atoms with Crippen molar-refractivity contribution in [3.63, 3.8) is 0 Å². The van der Waals surface area contributed by atoms with E-state index < -0.39 is 0 Å². The van der Waals surface area contributed by atoms with Crippen molar-refractivity contribution < 1.29 is 0 Å². The van der Waals surface area contributed by atoms with Crippen molar-refractivity contribution in [2.24, 2.45) is 0 Å². The maximum Gasteiger partial charge on any atom is 0.0638 e. The maximum absolute atomic E-state index is 8.54. The molecule has 1 atom stereocenters. The molecule has 0 spiro atoms. The Bertz CT molecular complexity index is 133. The van der Waals surface area contributed by atoms with Crippen molar-refractivity contribution in [1.82, 2.24) is 5.32 Å². The molecule has 0 bridgehead atoms. The van der Waals surface area contributed by atoms with Crippen LogP contribution in [0.4, 0.5) is 0 Å². The average molecular weight is 168 g/mol. The minimum absolute atomic E-state index is 0.389. The van der Waals surface area contributed by atoms with E-state index >= 15 is 0 Å². The lowest BCUT2D eigenvalue weighted by molar-refractivity contribution is 0.402. The van der Waals surface area contributed by atoms with Crippen LogP contribution in [0.15, 0.2) is 0 Å². The van der Waals surface area contributed by atoms with Gasteiger partial charge < -0.3 is 5.32 Å². The second-order valence-corrected chi connectivity index (χ2v) is 3.15. The molecule has 0 aliphatic heterocycles. The van der Waals surface area contributed by atoms with Gasteiger partial charge in [0, 0.05) is 12.1 Å². The van der Waals surface area contributed by atoms with Gasteiger partial charge in [0.05, 0.1) is 12.5 Å². The van der Waals surface area contributed by atoms with Gasteiger partial charge in [-0.05, 0) is 19.3 Å². The van der Waals surface area contributed by atoms with Gasteiger partial charge in [-0.25, -0.2) is 0 Å². The molecule has 0 rings (SSSR count). The first-order valence-electron chi connectivity index (χ1n) is 4.91. The van der Waals surface area contributed by atoms with Crippen molar-refractivity contribution >= 4 is 0 Å². The predicted octanol–water partition coefficient (Wildman–Crippen LogP) is 2.46. The molecule has 2 heteroatoms. The standard InChI is InChI=1S/C10H20N2/c1-4-9(5-2)12-10(6-3)7-8-11/h9-10,12H,4-7H2,1-3H3. The smallest absolute Gasteiger partial charge is 0.0638 e. The van der Waals surface area contributed by atoms with Gasteiger partial charge in [-0.3, -0.25) is 0 Å². The zero-order chi connectivity index (χ0) is 9.40. The summed E-state index contributed by atoms with van der Waals surface area (Å²) in [5.74, 6) is 0. The highest BCUT2D eigenvalue weighted by Crippen LogP contribution is 2.03. The van der Waals surface area contributed by atoms with E-state index in [0.29, 0.717) is 18.5 Å². The molecular weight excluding hydrogens is 148 g/mol. The fourth-order valence-corrected chi connectivity index (χ4v) is 1.29. The van der Waals surface area contributed by atoms with Crippen LogP contribution < -0.4 is 5.32 Å². The maximum atomic E-state index is 8.54. The Morgan fingerprint density at radius 3 is 1.92 bits per heavy atom. The molecule has 0 radical (unpaired) electrons. The van der Waals surface area contributed by atoms with Crippen LogP contribution in [-0.4, -0.2) is 12.1 Å². The third-order valence-corrected chi connectivity index (χ3v) is 2.29. The Morgan fingerprint density at radius 2 is 1.58 bits per heavy atom. The van der Waals surface area contributed by atoms with E-state index in [2.05, 4.69) is 32.2 Å². The molecule has 70 valence electrons. The summed E-state index contributed by atoms with van der Waals surface area (Å²) < 4.78 is 0. The zero-order valence-corrected chi connectivity index (χ0v) is 8.43. The van der Waals surface area contributed by atoms with E-state index in [9.17, 15) is 0 Å². The fourth-order valence-electron chi connectivity index (χ4n) is 1.29. The highest BCUT2D eigenvalue weighted by molar-refractivity contribution is 4.81. The molecule has 0 amide bonds. The fraction of sp³-hybridized carbons (Fsp3) is 0.900. The summed E-state index contributed by atoms with van der Waals surface area (Å²) in [4.78, 5) is 0. The van der Waals surface area contributed by atoms with Crippen molar-refractivity contribution in [3.8, 4) is 6.07 Å². The van der Waals surface area contributed by atoms with Crippen LogP contribution in [0.3, 0.4) is 0 Å². The number of nitrogens with one attached hydrogen (secondary N) is 1. The van der Waals surface area contributed by atoms with Gasteiger partial charge in [-0.2, -0.15) is 5.26 Å². The van der Waals surface area contributed by atoms with Crippen LogP contribution in [0, 0.1) is 11.3 Å². The summed E-state index contributed by atoms with van der Waals surface area (Å²) in [6, 6.07) is 3.18. The zero-order valence-electron chi connectivity index (χ0n) is 8.43. The van der Waals surface area contributed by atoms with Crippen LogP contribution in [-0.2, 0) is 0 Å². The molecule has 0 aliphatic carbocycles. The van der Waals surface area contributed by atoms with Crippen LogP contribution in [0.2, 0.25) is 0 Å². The summed E-state index contributed by atoms with van der Waals surface area (Å²) in [7, 11) is 0. The first-order chi connectivity index (χ1) is 5.78. The van der Waals surface area contributed by atoms with Crippen molar-refractivity contribution in [2.45, 2.75) is 58.5 Å². The lowest BCUT2D eigenvalue weighted by atomic mass is 10.1. The molecule has 0 fully saturated rings. The van der Waals surface area contributed by atoms with Crippen LogP contribution in [0.25, 0.3) is 0 Å². The number of hydrogen-bond donors (Lipinski definition) is 1. The molecule has 1 N–H and O–H groups in total. The third-order valence-electron chi connectivity index (χ3n) is 2.29. The molecule has 0 aromatic carbocycles. The number of nitrogens with zero attached hydrogens (tertiary/aromatic N) is 1. The Labute approximate surface area is 76.0 Å². The van der Waals surface area contributed by atoms with Gasteiger partial charge in [0.25, 0.3) is 0 Å². The molecule has 0 saturated heterocycles. The second-order valence-electron chi connectivity index (χ2n) is 3.15. The van der Waals surface area contributed by atoms with E-state index in [0.717, 1.165) is 19.3 Å². The SMILES string of the molecule is CCC(CC)NC(CC)CC#N. The Morgan fingerprint density at radius 1 is 1.08 bits per heavy atom. The lowest BCUT2D eigenvalue weighted by Gasteiger charge is -2.20. The second kappa shape index (κ2) is 7.12. The Kier molecular flexibility index (Phi) is 6.79. The number of rotatable bonds is 6. The highest BCUT2D eigenvalue weighted by atomic mass is 14.9. The summed E-state index contributed by atoms with van der Waals surface area (Å²) in [6.45, 7) is 6.48. The summed E-state index contributed by atoms with van der Waals surface area (Å²) in [5.41, 5.74) is 0. The number of hydrogen-bond acceptors (Lipinski definition) is 2. The Hall–Kier alpha value is -0.550. The van der Waals surface area contributed by atoms with E-state index in [-0.39, 0.29) is 0 Å². The molecular formula is C10H20N2. The van der Waals surface area contributed by atoms with Gasteiger partial charge in [-0.1, -0.05) is 20.8 Å². The van der Waals surface area contributed by atoms with Gasteiger partial charge in [0.15, 0.2) is 0 Å². The van der Waals surface area contributed by atoms with Crippen molar-refractivity contribution in [3.05, 3.63) is 0 Å². The summed E-state index contributed by atoms with van der Waals surface area (Å²) >= 11 is 0. The van der Waals surface area contributed by atoms with Gasteiger partial charge in [0.2, 0.25) is 0 Å². The molecule has 2 nitrogen and oxygen atoms in total. The van der Waals surface area contributed by atoms with Crippen LogP contribution in [0.5, 0.6) is 0 Å². The largest absolute Gasteiger partial charge is 0.310 e. The Balaban J connectivity index is 3.75. The monoisotopic (exact) mass is 168 g/mol. The number of nitriles is 1. The van der Waals surface area contributed by atoms with Gasteiger partial charge in [0.1, 0.15) is 0 Å². The third kappa shape index (κ3) is 4.35. The van der Waals surface area contributed by atoms with Crippen LogP contribution >= 0.6 is 0 Å². The van der Waals surface area contributed by atoms with Crippen molar-refractivity contribution in [1.29, 1.82) is 5.26 Å². The summed E-state index contributed by atoms with van der Waals surface area (Å²) in [6.07, 6.45) is 3.98. The molecule has 12 heavy (non-hydrogen) atoms. The molecule has 0 aromatic heterocycles. The van der Waals surface area contributed by atoms with E-state index in [1.165, 1.54) is 0 Å². The first kappa shape index (κ1) is 11.4. The normalized spacial score (nSPS) is 12.9. The highest BCUT2D eigenvalue weighted by Gasteiger charge is 2.09. The first-order valence-corrected chi connectivity index (χ1v) is 4.91. The van der Waals surface area contributed by atoms with E-state index in [4.69, 9.17) is 5.26 Å². The molecule has 1 unspecified atom stereocenters. The molecule has 0 aromatic rings. The van der Waals surface area contributed by atoms with E-state index in [1.54, 1.807) is 0 Å². The molecule has 0 aliphatic rings. The topological polar surface area (TPSA) is 35.8 Å². The molecule has 0 saturated carbocycles. The summed E-state index contributed by atoms with van der Waals surface area (Å²) in [5, 5.41) is 12.0.